The van der Waals surface area contributed by atoms with E-state index in [1.54, 1.807) is 10.7 Å². The highest BCUT2D eigenvalue weighted by atomic mass is 79.9. The lowest BCUT2D eigenvalue weighted by atomic mass is 10.1. The minimum Gasteiger partial charge on any atom is -0.261 e. The number of rotatable bonds is 1. The average molecular weight is 304 g/mol. The van der Waals surface area contributed by atoms with Crippen molar-refractivity contribution in [3.63, 3.8) is 0 Å². The van der Waals surface area contributed by atoms with Crippen LogP contribution in [0.15, 0.2) is 22.8 Å². The Hall–Kier alpha value is -0.870. The molecule has 1 aromatic carbocycles. The Bertz CT molecular complexity index is 551. The summed E-state index contributed by atoms with van der Waals surface area (Å²) in [5.41, 5.74) is 2.52. The number of aryl methyl sites for hydroxylation is 2. The molecule has 0 radical (unpaired) electrons. The molecule has 2 nitrogen and oxygen atoms in total. The molecule has 1 heterocycles. The first-order valence-corrected chi connectivity index (χ1v) is 5.82. The van der Waals surface area contributed by atoms with Crippen LogP contribution in [0.3, 0.4) is 0 Å². The largest absolute Gasteiger partial charge is 0.261 e. The SMILES string of the molecule is Cc1nn(C)c(Br)c1-c1ccc(F)cc1Cl. The van der Waals surface area contributed by atoms with E-state index in [4.69, 9.17) is 11.6 Å². The maximum absolute atomic E-state index is 13.0. The van der Waals surface area contributed by atoms with Crippen molar-refractivity contribution < 1.29 is 4.39 Å². The molecule has 0 N–H and O–H groups in total. The third-order valence-corrected chi connectivity index (χ3v) is 3.58. The van der Waals surface area contributed by atoms with Crippen molar-refractivity contribution in [3.8, 4) is 11.1 Å². The van der Waals surface area contributed by atoms with Gasteiger partial charge in [0.1, 0.15) is 10.4 Å². The number of hydrogen-bond acceptors (Lipinski definition) is 1. The van der Waals surface area contributed by atoms with Crippen molar-refractivity contribution in [1.29, 1.82) is 0 Å². The Morgan fingerprint density at radius 2 is 2.12 bits per heavy atom. The lowest BCUT2D eigenvalue weighted by Gasteiger charge is -2.04. The van der Waals surface area contributed by atoms with E-state index < -0.39 is 0 Å². The molecule has 1 aromatic heterocycles. The maximum Gasteiger partial charge on any atom is 0.124 e. The van der Waals surface area contributed by atoms with E-state index in [2.05, 4.69) is 21.0 Å². The van der Waals surface area contributed by atoms with Gasteiger partial charge in [0.25, 0.3) is 0 Å². The Morgan fingerprint density at radius 3 is 2.62 bits per heavy atom. The highest BCUT2D eigenvalue weighted by molar-refractivity contribution is 9.10. The highest BCUT2D eigenvalue weighted by Crippen LogP contribution is 2.35. The van der Waals surface area contributed by atoms with Crippen molar-refractivity contribution in [2.45, 2.75) is 6.92 Å². The molecule has 0 atom stereocenters. The van der Waals surface area contributed by atoms with Crippen LogP contribution in [0.25, 0.3) is 11.1 Å². The molecule has 84 valence electrons. The van der Waals surface area contributed by atoms with Crippen LogP contribution < -0.4 is 0 Å². The molecule has 0 amide bonds. The molecule has 0 fully saturated rings. The third-order valence-electron chi connectivity index (χ3n) is 2.35. The molecule has 0 saturated carbocycles. The van der Waals surface area contributed by atoms with E-state index in [-0.39, 0.29) is 5.82 Å². The fourth-order valence-corrected chi connectivity index (χ4v) is 2.47. The van der Waals surface area contributed by atoms with Gasteiger partial charge < -0.3 is 0 Å². The highest BCUT2D eigenvalue weighted by Gasteiger charge is 2.15. The first-order chi connectivity index (χ1) is 7.50. The molecule has 0 aliphatic rings. The fourth-order valence-electron chi connectivity index (χ4n) is 1.63. The quantitative estimate of drug-likeness (QED) is 0.780. The third kappa shape index (κ3) is 1.87. The van der Waals surface area contributed by atoms with Gasteiger partial charge in [0.05, 0.1) is 10.7 Å². The van der Waals surface area contributed by atoms with Crippen LogP contribution in [-0.4, -0.2) is 9.78 Å². The number of nitrogens with zero attached hydrogens (tertiary/aromatic N) is 2. The van der Waals surface area contributed by atoms with Crippen molar-refractivity contribution in [2.75, 3.05) is 0 Å². The van der Waals surface area contributed by atoms with E-state index in [0.29, 0.717) is 5.02 Å². The van der Waals surface area contributed by atoms with Crippen molar-refractivity contribution in [2.24, 2.45) is 7.05 Å². The molecule has 2 rings (SSSR count). The summed E-state index contributed by atoms with van der Waals surface area (Å²) in [4.78, 5) is 0. The topological polar surface area (TPSA) is 17.8 Å². The van der Waals surface area contributed by atoms with E-state index >= 15 is 0 Å². The van der Waals surface area contributed by atoms with Crippen LogP contribution in [0.5, 0.6) is 0 Å². The van der Waals surface area contributed by atoms with Gasteiger partial charge in [0, 0.05) is 18.2 Å². The zero-order valence-electron chi connectivity index (χ0n) is 8.76. The first kappa shape index (κ1) is 11.6. The second kappa shape index (κ2) is 4.18. The van der Waals surface area contributed by atoms with E-state index in [0.717, 1.165) is 21.4 Å². The molecular weight excluding hydrogens is 294 g/mol. The van der Waals surface area contributed by atoms with Gasteiger partial charge in [0.15, 0.2) is 0 Å². The Balaban J connectivity index is 2.67. The molecule has 5 heteroatoms. The van der Waals surface area contributed by atoms with Gasteiger partial charge in [-0.15, -0.1) is 0 Å². The molecule has 0 spiro atoms. The molecule has 0 aliphatic heterocycles. The Labute approximate surface area is 106 Å². The molecule has 0 unspecified atom stereocenters. The second-order valence-corrected chi connectivity index (χ2v) is 4.66. The number of halogens is 3. The standard InChI is InChI=1S/C11H9BrClFN2/c1-6-10(11(12)16(2)15-6)8-4-3-7(14)5-9(8)13/h3-5H,1-2H3. The summed E-state index contributed by atoms with van der Waals surface area (Å²) in [5, 5.41) is 4.65. The summed E-state index contributed by atoms with van der Waals surface area (Å²) in [6.07, 6.45) is 0. The average Bonchev–Trinajstić information content (AvgIpc) is 2.43. The second-order valence-electron chi connectivity index (χ2n) is 3.50. The summed E-state index contributed by atoms with van der Waals surface area (Å²) < 4.78 is 15.5. The van der Waals surface area contributed by atoms with Crippen LogP contribution >= 0.6 is 27.5 Å². The molecular formula is C11H9BrClFN2. The van der Waals surface area contributed by atoms with Gasteiger partial charge in [0.2, 0.25) is 0 Å². The predicted molar refractivity (Wildman–Crippen MR) is 66.0 cm³/mol. The Morgan fingerprint density at radius 1 is 1.44 bits per heavy atom. The summed E-state index contributed by atoms with van der Waals surface area (Å²) in [5.74, 6) is -0.341. The summed E-state index contributed by atoms with van der Waals surface area (Å²) in [6.45, 7) is 1.89. The van der Waals surface area contributed by atoms with Crippen LogP contribution in [-0.2, 0) is 7.05 Å². The van der Waals surface area contributed by atoms with Crippen LogP contribution in [0.2, 0.25) is 5.02 Å². The van der Waals surface area contributed by atoms with E-state index in [1.807, 2.05) is 14.0 Å². The first-order valence-electron chi connectivity index (χ1n) is 4.65. The van der Waals surface area contributed by atoms with Gasteiger partial charge in [-0.05, 0) is 41.1 Å². The van der Waals surface area contributed by atoms with E-state index in [9.17, 15) is 4.39 Å². The van der Waals surface area contributed by atoms with Crippen molar-refractivity contribution >= 4 is 27.5 Å². The summed E-state index contributed by atoms with van der Waals surface area (Å²) in [7, 11) is 1.83. The molecule has 2 aromatic rings. The van der Waals surface area contributed by atoms with Gasteiger partial charge in [-0.2, -0.15) is 5.10 Å². The van der Waals surface area contributed by atoms with E-state index in [1.165, 1.54) is 12.1 Å². The summed E-state index contributed by atoms with van der Waals surface area (Å²) >= 11 is 9.46. The molecule has 0 bridgehead atoms. The fraction of sp³-hybridized carbons (Fsp3) is 0.182. The monoisotopic (exact) mass is 302 g/mol. The van der Waals surface area contributed by atoms with Gasteiger partial charge in [-0.3, -0.25) is 4.68 Å². The predicted octanol–water partition coefficient (Wildman–Crippen LogP) is 3.95. The number of benzene rings is 1. The minimum absolute atomic E-state index is 0.341. The lowest BCUT2D eigenvalue weighted by Crippen LogP contribution is -1.89. The molecule has 16 heavy (non-hydrogen) atoms. The van der Waals surface area contributed by atoms with Gasteiger partial charge in [-0.25, -0.2) is 4.39 Å². The van der Waals surface area contributed by atoms with Crippen molar-refractivity contribution in [3.05, 3.63) is 39.3 Å². The lowest BCUT2D eigenvalue weighted by molar-refractivity contribution is 0.628. The minimum atomic E-state index is -0.341. The van der Waals surface area contributed by atoms with Crippen LogP contribution in [0, 0.1) is 12.7 Å². The Kier molecular flexibility index (Phi) is 3.04. The molecule has 0 aliphatic carbocycles. The van der Waals surface area contributed by atoms with Crippen molar-refractivity contribution in [1.82, 2.24) is 9.78 Å². The maximum atomic E-state index is 13.0. The van der Waals surface area contributed by atoms with Crippen LogP contribution in [0.1, 0.15) is 5.69 Å². The van der Waals surface area contributed by atoms with Crippen LogP contribution in [0.4, 0.5) is 4.39 Å². The van der Waals surface area contributed by atoms with Gasteiger partial charge >= 0.3 is 0 Å². The zero-order chi connectivity index (χ0) is 11.9. The zero-order valence-corrected chi connectivity index (χ0v) is 11.1. The normalized spacial score (nSPS) is 10.8. The number of aromatic nitrogens is 2. The smallest absolute Gasteiger partial charge is 0.124 e. The summed E-state index contributed by atoms with van der Waals surface area (Å²) in [6, 6.07) is 4.35. The molecule has 0 saturated heterocycles. The number of hydrogen-bond donors (Lipinski definition) is 0. The van der Waals surface area contributed by atoms with Gasteiger partial charge in [-0.1, -0.05) is 11.6 Å².